The smallest absolute Gasteiger partial charge is 0.210 e. The summed E-state index contributed by atoms with van der Waals surface area (Å²) in [6.45, 7) is 4.30. The van der Waals surface area contributed by atoms with Crippen molar-refractivity contribution in [2.75, 3.05) is 6.61 Å². The number of dihydropyridines is 1. The number of ether oxygens (including phenoxy) is 1. The van der Waals surface area contributed by atoms with Crippen molar-refractivity contribution in [2.24, 2.45) is 0 Å². The van der Waals surface area contributed by atoms with Gasteiger partial charge >= 0.3 is 0 Å². The number of thiophene rings is 1. The van der Waals surface area contributed by atoms with Crippen LogP contribution >= 0.6 is 11.3 Å². The van der Waals surface area contributed by atoms with E-state index in [1.807, 2.05) is 31.4 Å². The number of carbonyl (C=O) groups excluding carboxylic acids is 2. The molecule has 1 aromatic heterocycles. The van der Waals surface area contributed by atoms with E-state index in [4.69, 9.17) is 4.74 Å². The van der Waals surface area contributed by atoms with E-state index in [1.54, 1.807) is 35.6 Å². The second kappa shape index (κ2) is 6.01. The maximum atomic E-state index is 13.2. The van der Waals surface area contributed by atoms with Crippen LogP contribution in [0.15, 0.2) is 64.5 Å². The molecule has 0 fully saturated rings. The summed E-state index contributed by atoms with van der Waals surface area (Å²) in [4.78, 5) is 27.2. The van der Waals surface area contributed by atoms with Crippen LogP contribution in [-0.2, 0) is 4.74 Å². The van der Waals surface area contributed by atoms with Gasteiger partial charge in [0.25, 0.3) is 0 Å². The van der Waals surface area contributed by atoms with Crippen LogP contribution in [0.3, 0.4) is 0 Å². The highest BCUT2D eigenvalue weighted by Gasteiger charge is 2.42. The van der Waals surface area contributed by atoms with E-state index >= 15 is 0 Å². The maximum Gasteiger partial charge on any atom is 0.210 e. The van der Waals surface area contributed by atoms with Crippen LogP contribution in [0, 0.1) is 0 Å². The van der Waals surface area contributed by atoms with Crippen LogP contribution in [0.4, 0.5) is 0 Å². The molecule has 1 aliphatic carbocycles. The molecule has 0 amide bonds. The van der Waals surface area contributed by atoms with E-state index < -0.39 is 0 Å². The summed E-state index contributed by atoms with van der Waals surface area (Å²) < 4.78 is 5.88. The van der Waals surface area contributed by atoms with Gasteiger partial charge in [-0.3, -0.25) is 9.59 Å². The Labute approximate surface area is 149 Å². The highest BCUT2D eigenvalue weighted by atomic mass is 32.1. The average molecular weight is 351 g/mol. The second-order valence-corrected chi connectivity index (χ2v) is 6.97. The molecule has 0 saturated carbocycles. The lowest BCUT2D eigenvalue weighted by Gasteiger charge is -2.33. The number of Topliss-reactive ketones (excluding diaryl/α,β-unsaturated/α-hetero) is 2. The van der Waals surface area contributed by atoms with E-state index in [2.05, 4.69) is 5.32 Å². The molecule has 4 rings (SSSR count). The first-order valence-electron chi connectivity index (χ1n) is 8.20. The zero-order valence-electron chi connectivity index (χ0n) is 14.0. The second-order valence-electron chi connectivity index (χ2n) is 5.99. The Morgan fingerprint density at radius 1 is 1.08 bits per heavy atom. The molecule has 2 aliphatic rings. The first kappa shape index (κ1) is 15.8. The lowest BCUT2D eigenvalue weighted by atomic mass is 9.78. The predicted molar refractivity (Wildman–Crippen MR) is 96.7 cm³/mol. The van der Waals surface area contributed by atoms with Gasteiger partial charge in [-0.2, -0.15) is 0 Å². The Hall–Kier alpha value is -2.66. The van der Waals surface area contributed by atoms with Gasteiger partial charge in [0.1, 0.15) is 5.76 Å². The molecular formula is C20H17NO3S. The quantitative estimate of drug-likeness (QED) is 0.907. The van der Waals surface area contributed by atoms with Crippen LogP contribution in [-0.4, -0.2) is 18.2 Å². The monoisotopic (exact) mass is 351 g/mol. The molecule has 1 N–H and O–H groups in total. The predicted octanol–water partition coefficient (Wildman–Crippen LogP) is 4.04. The van der Waals surface area contributed by atoms with Crippen LogP contribution < -0.4 is 5.32 Å². The first-order valence-corrected chi connectivity index (χ1v) is 9.08. The minimum atomic E-state index is -0.346. The zero-order valence-corrected chi connectivity index (χ0v) is 14.8. The Kier molecular flexibility index (Phi) is 3.81. The van der Waals surface area contributed by atoms with Crippen molar-refractivity contribution in [2.45, 2.75) is 19.8 Å². The molecule has 25 heavy (non-hydrogen) atoms. The molecule has 5 heteroatoms. The van der Waals surface area contributed by atoms with Crippen LogP contribution in [0.2, 0.25) is 0 Å². The molecule has 0 spiro atoms. The normalized spacial score (nSPS) is 19.5. The van der Waals surface area contributed by atoms with Gasteiger partial charge in [0.15, 0.2) is 5.78 Å². The number of allylic oxidation sites excluding steroid dienone is 3. The van der Waals surface area contributed by atoms with Gasteiger partial charge in [-0.1, -0.05) is 30.3 Å². The number of fused-ring (bicyclic) bond motifs is 1. The molecule has 1 aromatic carbocycles. The van der Waals surface area contributed by atoms with Crippen molar-refractivity contribution in [3.63, 3.8) is 0 Å². The van der Waals surface area contributed by atoms with Gasteiger partial charge in [0, 0.05) is 21.6 Å². The van der Waals surface area contributed by atoms with E-state index in [1.165, 1.54) is 0 Å². The summed E-state index contributed by atoms with van der Waals surface area (Å²) in [6.07, 6.45) is 0. The van der Waals surface area contributed by atoms with Crippen LogP contribution in [0.25, 0.3) is 0 Å². The minimum Gasteiger partial charge on any atom is -0.495 e. The fourth-order valence-electron chi connectivity index (χ4n) is 3.47. The molecule has 0 saturated heterocycles. The number of carbonyl (C=O) groups is 2. The van der Waals surface area contributed by atoms with Crippen LogP contribution in [0.5, 0.6) is 0 Å². The summed E-state index contributed by atoms with van der Waals surface area (Å²) in [5.41, 5.74) is 2.56. The minimum absolute atomic E-state index is 0.110. The van der Waals surface area contributed by atoms with E-state index in [9.17, 15) is 9.59 Å². The number of nitrogens with one attached hydrogen (secondary N) is 1. The number of hydrogen-bond donors (Lipinski definition) is 1. The summed E-state index contributed by atoms with van der Waals surface area (Å²) in [5, 5.41) is 5.11. The maximum absolute atomic E-state index is 13.2. The third kappa shape index (κ3) is 2.35. The van der Waals surface area contributed by atoms with Crippen molar-refractivity contribution < 1.29 is 14.3 Å². The molecule has 1 unspecified atom stereocenters. The van der Waals surface area contributed by atoms with Gasteiger partial charge in [-0.05, 0) is 25.3 Å². The van der Waals surface area contributed by atoms with Gasteiger partial charge in [-0.15, -0.1) is 11.3 Å². The Morgan fingerprint density at radius 3 is 2.44 bits per heavy atom. The lowest BCUT2D eigenvalue weighted by Crippen LogP contribution is -2.37. The lowest BCUT2D eigenvalue weighted by molar-refractivity contribution is 0.0956. The number of rotatable bonds is 3. The van der Waals surface area contributed by atoms with E-state index in [0.717, 1.165) is 10.6 Å². The number of ketones is 2. The van der Waals surface area contributed by atoms with Gasteiger partial charge < -0.3 is 10.1 Å². The Morgan fingerprint density at radius 2 is 1.80 bits per heavy atom. The fourth-order valence-corrected chi connectivity index (χ4v) is 4.30. The van der Waals surface area contributed by atoms with Gasteiger partial charge in [0.2, 0.25) is 5.78 Å². The van der Waals surface area contributed by atoms with Crippen molar-refractivity contribution in [1.82, 2.24) is 5.32 Å². The zero-order chi connectivity index (χ0) is 17.6. The number of benzene rings is 1. The first-order chi connectivity index (χ1) is 12.1. The standard InChI is InChI=1S/C20H17NO3S/c1-3-24-20-11(2)21-17-16(15(20)14-9-6-10-25-14)18(22)12-7-4-5-8-13(12)19(17)23/h4-10,15,21H,3H2,1-2H3. The highest BCUT2D eigenvalue weighted by Crippen LogP contribution is 2.44. The Bertz CT molecular complexity index is 938. The molecule has 4 nitrogen and oxygen atoms in total. The van der Waals surface area contributed by atoms with Crippen molar-refractivity contribution in [3.8, 4) is 0 Å². The molecule has 2 aromatic rings. The third-order valence-corrected chi connectivity index (χ3v) is 5.46. The highest BCUT2D eigenvalue weighted by molar-refractivity contribution is 7.10. The molecule has 126 valence electrons. The Balaban J connectivity index is 1.94. The summed E-state index contributed by atoms with van der Waals surface area (Å²) >= 11 is 1.56. The van der Waals surface area contributed by atoms with E-state index in [-0.39, 0.29) is 17.5 Å². The summed E-state index contributed by atoms with van der Waals surface area (Å²) in [5.74, 6) is 0.118. The van der Waals surface area contributed by atoms with E-state index in [0.29, 0.717) is 34.8 Å². The topological polar surface area (TPSA) is 55.4 Å². The van der Waals surface area contributed by atoms with Gasteiger partial charge in [0.05, 0.1) is 23.9 Å². The van der Waals surface area contributed by atoms with Gasteiger partial charge in [-0.25, -0.2) is 0 Å². The molecule has 0 radical (unpaired) electrons. The SMILES string of the molecule is CCOC1=C(C)NC2=C(C(=O)c3ccccc3C2=O)C1c1cccs1. The van der Waals surface area contributed by atoms with Crippen molar-refractivity contribution >= 4 is 22.9 Å². The van der Waals surface area contributed by atoms with Crippen LogP contribution in [0.1, 0.15) is 45.4 Å². The molecule has 2 heterocycles. The molecule has 1 atom stereocenters. The van der Waals surface area contributed by atoms with Crippen molar-refractivity contribution in [1.29, 1.82) is 0 Å². The largest absolute Gasteiger partial charge is 0.495 e. The molecule has 0 bridgehead atoms. The summed E-state index contributed by atoms with van der Waals surface area (Å²) in [6, 6.07) is 10.9. The van der Waals surface area contributed by atoms with Crippen molar-refractivity contribution in [3.05, 3.63) is 80.5 Å². The third-order valence-electron chi connectivity index (χ3n) is 4.52. The number of hydrogen-bond acceptors (Lipinski definition) is 5. The molecular weight excluding hydrogens is 334 g/mol. The average Bonchev–Trinajstić information content (AvgIpc) is 3.15. The summed E-state index contributed by atoms with van der Waals surface area (Å²) in [7, 11) is 0. The molecule has 1 aliphatic heterocycles. The fraction of sp³-hybridized carbons (Fsp3) is 0.200.